The van der Waals surface area contributed by atoms with E-state index in [0.717, 1.165) is 22.6 Å². The van der Waals surface area contributed by atoms with Crippen LogP contribution in [0.4, 0.5) is 5.13 Å². The first kappa shape index (κ1) is 31.2. The van der Waals surface area contributed by atoms with Crippen molar-refractivity contribution in [2.75, 3.05) is 18.8 Å². The monoisotopic (exact) mass is 628 g/mol. The molecule has 1 unspecified atom stereocenters. The number of rotatable bonds is 14. The molecule has 2 fully saturated rings. The van der Waals surface area contributed by atoms with Crippen LogP contribution in [-0.4, -0.2) is 96.6 Å². The predicted molar refractivity (Wildman–Crippen MR) is 147 cm³/mol. The van der Waals surface area contributed by atoms with Gasteiger partial charge in [-0.2, -0.15) is 23.4 Å². The van der Waals surface area contributed by atoms with Crippen LogP contribution < -0.4 is 22.1 Å². The standard InChI is InChI=1S/C22H32N10O8S2/c1-12(25-8-4-7-23)13-9-26-31(29-13)10-15-17(19(34)32(15)42(37,38)39)28-18(33)16(14-11-41-21(24)27-14)30-40-22(20(35)36)5-2-3-6-22/h9,11-12,15,17,25H,2-8,10,23H2,1H3,(H2,24,27)(H,28,33)(H,35,36)(H,37,38,39)/b30-16-/t12?,15-,17+/m1/s1. The van der Waals surface area contributed by atoms with E-state index in [1.807, 2.05) is 6.92 Å². The summed E-state index contributed by atoms with van der Waals surface area (Å²) in [5.74, 6) is -3.37. The number of carboxylic acid groups (broad SMARTS) is 1. The molecule has 2 aliphatic rings. The molecule has 2 aromatic heterocycles. The third kappa shape index (κ3) is 6.67. The summed E-state index contributed by atoms with van der Waals surface area (Å²) in [5, 5.41) is 29.0. The van der Waals surface area contributed by atoms with E-state index in [2.05, 4.69) is 31.0 Å². The maximum absolute atomic E-state index is 13.4. The van der Waals surface area contributed by atoms with Gasteiger partial charge in [-0.3, -0.25) is 14.1 Å². The maximum atomic E-state index is 13.4. The molecule has 1 saturated heterocycles. The number of hydrogen-bond donors (Lipinski definition) is 6. The number of carboxylic acids is 1. The molecule has 230 valence electrons. The molecule has 0 spiro atoms. The van der Waals surface area contributed by atoms with Crippen LogP contribution in [0.1, 0.15) is 56.5 Å². The van der Waals surface area contributed by atoms with Crippen molar-refractivity contribution in [2.24, 2.45) is 10.9 Å². The summed E-state index contributed by atoms with van der Waals surface area (Å²) in [5.41, 5.74) is 9.60. The molecule has 0 radical (unpaired) electrons. The average molecular weight is 629 g/mol. The number of anilines is 1. The molecule has 2 amide bonds. The molecular weight excluding hydrogens is 596 g/mol. The molecule has 0 aromatic carbocycles. The fraction of sp³-hybridized carbons (Fsp3) is 0.591. The molecule has 3 atom stereocenters. The number of β-lactam (4-membered cyclic amide) rings is 1. The van der Waals surface area contributed by atoms with E-state index < -0.39 is 51.5 Å². The quantitative estimate of drug-likeness (QED) is 0.0463. The van der Waals surface area contributed by atoms with Crippen LogP contribution in [0.2, 0.25) is 0 Å². The van der Waals surface area contributed by atoms with Crippen LogP contribution in [0.3, 0.4) is 0 Å². The summed E-state index contributed by atoms with van der Waals surface area (Å²) in [4.78, 5) is 48.6. The minimum absolute atomic E-state index is 0.0435. The molecule has 4 rings (SSSR count). The second-order valence-corrected chi connectivity index (χ2v) is 12.1. The van der Waals surface area contributed by atoms with Crippen LogP contribution in [0.15, 0.2) is 16.7 Å². The van der Waals surface area contributed by atoms with Crippen molar-refractivity contribution in [3.05, 3.63) is 23.0 Å². The van der Waals surface area contributed by atoms with Crippen molar-refractivity contribution >= 4 is 50.3 Å². The predicted octanol–water partition coefficient (Wildman–Crippen LogP) is -1.37. The summed E-state index contributed by atoms with van der Waals surface area (Å²) in [7, 11) is -4.99. The second-order valence-electron chi connectivity index (χ2n) is 9.88. The number of hydrogen-bond acceptors (Lipinski definition) is 14. The Labute approximate surface area is 244 Å². The van der Waals surface area contributed by atoms with Crippen molar-refractivity contribution < 1.29 is 37.3 Å². The van der Waals surface area contributed by atoms with Gasteiger partial charge in [0.2, 0.25) is 5.60 Å². The Kier molecular flexibility index (Phi) is 9.40. The highest BCUT2D eigenvalue weighted by Gasteiger charge is 2.55. The highest BCUT2D eigenvalue weighted by molar-refractivity contribution is 7.84. The second kappa shape index (κ2) is 12.7. The van der Waals surface area contributed by atoms with E-state index in [0.29, 0.717) is 31.6 Å². The maximum Gasteiger partial charge on any atom is 0.362 e. The van der Waals surface area contributed by atoms with E-state index in [1.165, 1.54) is 11.6 Å². The summed E-state index contributed by atoms with van der Waals surface area (Å²) in [6, 6.07) is -2.96. The van der Waals surface area contributed by atoms with Gasteiger partial charge >= 0.3 is 16.3 Å². The number of carbonyl (C=O) groups excluding carboxylic acids is 2. The van der Waals surface area contributed by atoms with Gasteiger partial charge in [0.1, 0.15) is 17.8 Å². The highest BCUT2D eigenvalue weighted by atomic mass is 32.2. The zero-order chi connectivity index (χ0) is 30.7. The Hall–Kier alpha value is -3.72. The molecule has 42 heavy (non-hydrogen) atoms. The van der Waals surface area contributed by atoms with Gasteiger partial charge in [0.25, 0.3) is 11.8 Å². The van der Waals surface area contributed by atoms with E-state index in [4.69, 9.17) is 16.3 Å². The lowest BCUT2D eigenvalue weighted by atomic mass is 9.98. The van der Waals surface area contributed by atoms with Gasteiger partial charge in [0.15, 0.2) is 10.8 Å². The molecule has 3 heterocycles. The number of amides is 2. The Morgan fingerprint density at radius 1 is 1.36 bits per heavy atom. The highest BCUT2D eigenvalue weighted by Crippen LogP contribution is 2.34. The van der Waals surface area contributed by atoms with E-state index in [-0.39, 0.29) is 40.6 Å². The van der Waals surface area contributed by atoms with Gasteiger partial charge in [-0.25, -0.2) is 14.1 Å². The number of nitrogen functional groups attached to an aromatic ring is 1. The zero-order valence-electron chi connectivity index (χ0n) is 22.5. The molecule has 1 aliphatic carbocycles. The van der Waals surface area contributed by atoms with Gasteiger partial charge in [-0.05, 0) is 39.3 Å². The van der Waals surface area contributed by atoms with Crippen molar-refractivity contribution in [2.45, 2.75) is 69.3 Å². The van der Waals surface area contributed by atoms with Crippen LogP contribution >= 0.6 is 11.3 Å². The first-order chi connectivity index (χ1) is 19.9. The number of nitrogens with one attached hydrogen (secondary N) is 2. The topological polar surface area (TPSA) is 270 Å². The number of thiazole rings is 1. The van der Waals surface area contributed by atoms with Gasteiger partial charge in [0.05, 0.1) is 24.5 Å². The summed E-state index contributed by atoms with van der Waals surface area (Å²) >= 11 is 0.985. The average Bonchev–Trinajstić information content (AvgIpc) is 3.68. The van der Waals surface area contributed by atoms with Gasteiger partial charge in [-0.1, -0.05) is 5.16 Å². The lowest BCUT2D eigenvalue weighted by molar-refractivity contribution is -0.165. The number of nitrogens with zero attached hydrogens (tertiary/aromatic N) is 6. The Morgan fingerprint density at radius 2 is 2.07 bits per heavy atom. The molecule has 1 aliphatic heterocycles. The van der Waals surface area contributed by atoms with Crippen LogP contribution in [-0.2, 0) is 36.1 Å². The normalized spacial score (nSPS) is 21.2. The lowest BCUT2D eigenvalue weighted by Gasteiger charge is -2.43. The summed E-state index contributed by atoms with van der Waals surface area (Å²) in [6.07, 6.45) is 3.72. The Bertz CT molecular complexity index is 1450. The first-order valence-electron chi connectivity index (χ1n) is 13.0. The molecule has 18 nitrogen and oxygen atoms in total. The third-order valence-electron chi connectivity index (χ3n) is 6.98. The lowest BCUT2D eigenvalue weighted by Crippen LogP contribution is -2.73. The fourth-order valence-electron chi connectivity index (χ4n) is 4.66. The number of oxime groups is 1. The number of carbonyl (C=O) groups is 3. The first-order valence-corrected chi connectivity index (χ1v) is 15.3. The van der Waals surface area contributed by atoms with Crippen molar-refractivity contribution in [3.63, 3.8) is 0 Å². The third-order valence-corrected chi connectivity index (χ3v) is 8.60. The van der Waals surface area contributed by atoms with Gasteiger partial charge in [0, 0.05) is 18.2 Å². The molecule has 2 aromatic rings. The SMILES string of the molecule is CC(NCCCN)c1cnn(C[C@@H]2[C@H](NC(=O)/C(=N\OC3(C(=O)O)CCCC3)c3csc(N)n3)C(=O)N2S(=O)(=O)O)n1. The van der Waals surface area contributed by atoms with Crippen molar-refractivity contribution in [3.8, 4) is 0 Å². The minimum Gasteiger partial charge on any atom is -0.478 e. The Balaban J connectivity index is 1.55. The molecule has 0 bridgehead atoms. The zero-order valence-corrected chi connectivity index (χ0v) is 24.2. The van der Waals surface area contributed by atoms with Crippen LogP contribution in [0, 0.1) is 0 Å². The van der Waals surface area contributed by atoms with Crippen LogP contribution in [0.25, 0.3) is 0 Å². The van der Waals surface area contributed by atoms with Crippen LogP contribution in [0.5, 0.6) is 0 Å². The smallest absolute Gasteiger partial charge is 0.362 e. The van der Waals surface area contributed by atoms with E-state index in [9.17, 15) is 32.5 Å². The summed E-state index contributed by atoms with van der Waals surface area (Å²) in [6.45, 7) is 2.69. The minimum atomic E-state index is -4.99. The molecule has 8 N–H and O–H groups in total. The van der Waals surface area contributed by atoms with Crippen molar-refractivity contribution in [1.82, 2.24) is 34.9 Å². The number of aliphatic carboxylic acids is 1. The number of nitrogens with two attached hydrogens (primary N) is 2. The Morgan fingerprint density at radius 3 is 2.67 bits per heavy atom. The molecule has 20 heteroatoms. The van der Waals surface area contributed by atoms with E-state index in [1.54, 1.807) is 0 Å². The molecule has 1 saturated carbocycles. The largest absolute Gasteiger partial charge is 0.478 e. The fourth-order valence-corrected chi connectivity index (χ4v) is 6.08. The molecular formula is C22H32N10O8S2. The van der Waals surface area contributed by atoms with Gasteiger partial charge in [-0.15, -0.1) is 11.3 Å². The summed E-state index contributed by atoms with van der Waals surface area (Å²) < 4.78 is 33.8. The van der Waals surface area contributed by atoms with Gasteiger partial charge < -0.3 is 32.0 Å². The number of aromatic nitrogens is 4. The van der Waals surface area contributed by atoms with E-state index >= 15 is 0 Å². The van der Waals surface area contributed by atoms with Crippen molar-refractivity contribution in [1.29, 1.82) is 0 Å².